The SMILES string of the molecule is CCCc1c(O)c(C#N)c2cc[nH]n2c1=O. The molecule has 2 N–H and O–H groups in total. The van der Waals surface area contributed by atoms with Crippen LogP contribution < -0.4 is 5.56 Å². The molecule has 2 heterocycles. The first kappa shape index (κ1) is 10.3. The predicted molar refractivity (Wildman–Crippen MR) is 58.4 cm³/mol. The highest BCUT2D eigenvalue weighted by Gasteiger charge is 2.16. The van der Waals surface area contributed by atoms with Crippen LogP contribution in [0.1, 0.15) is 24.5 Å². The minimum absolute atomic E-state index is 0.143. The molecule has 0 fully saturated rings. The van der Waals surface area contributed by atoms with Crippen molar-refractivity contribution in [2.75, 3.05) is 0 Å². The van der Waals surface area contributed by atoms with Gasteiger partial charge in [-0.2, -0.15) is 5.26 Å². The molecule has 5 nitrogen and oxygen atoms in total. The van der Waals surface area contributed by atoms with Gasteiger partial charge in [-0.1, -0.05) is 13.3 Å². The summed E-state index contributed by atoms with van der Waals surface area (Å²) in [6.07, 6.45) is 2.76. The smallest absolute Gasteiger partial charge is 0.276 e. The third-order valence-electron chi connectivity index (χ3n) is 2.54. The van der Waals surface area contributed by atoms with Crippen molar-refractivity contribution in [2.24, 2.45) is 0 Å². The Labute approximate surface area is 91.5 Å². The number of aromatic hydroxyl groups is 1. The van der Waals surface area contributed by atoms with Gasteiger partial charge in [-0.25, -0.2) is 4.52 Å². The molecule has 0 bridgehead atoms. The number of fused-ring (bicyclic) bond motifs is 1. The normalized spacial score (nSPS) is 10.5. The van der Waals surface area contributed by atoms with Gasteiger partial charge in [-0.05, 0) is 12.5 Å². The van der Waals surface area contributed by atoms with E-state index in [1.807, 2.05) is 13.0 Å². The molecular formula is C11H11N3O2. The average Bonchev–Trinajstić information content (AvgIpc) is 2.74. The van der Waals surface area contributed by atoms with Gasteiger partial charge in [0.2, 0.25) is 0 Å². The predicted octanol–water partition coefficient (Wildman–Crippen LogP) is 1.16. The molecule has 2 rings (SSSR count). The van der Waals surface area contributed by atoms with Crippen molar-refractivity contribution in [2.45, 2.75) is 19.8 Å². The van der Waals surface area contributed by atoms with Crippen LogP contribution in [0.5, 0.6) is 5.75 Å². The summed E-state index contributed by atoms with van der Waals surface area (Å²) in [5, 5.41) is 21.6. The highest BCUT2D eigenvalue weighted by atomic mass is 16.3. The molecule has 82 valence electrons. The van der Waals surface area contributed by atoms with Crippen molar-refractivity contribution >= 4 is 5.52 Å². The maximum atomic E-state index is 11.9. The third kappa shape index (κ3) is 1.27. The van der Waals surface area contributed by atoms with Gasteiger partial charge >= 0.3 is 0 Å². The summed E-state index contributed by atoms with van der Waals surface area (Å²) in [6, 6.07) is 3.51. The Balaban J connectivity index is 2.92. The lowest BCUT2D eigenvalue weighted by molar-refractivity contribution is 0.463. The molecule has 0 radical (unpaired) electrons. The Morgan fingerprint density at radius 2 is 2.38 bits per heavy atom. The monoisotopic (exact) mass is 217 g/mol. The van der Waals surface area contributed by atoms with E-state index in [9.17, 15) is 9.90 Å². The van der Waals surface area contributed by atoms with Gasteiger partial charge < -0.3 is 5.11 Å². The number of hydrogen-bond donors (Lipinski definition) is 2. The molecule has 0 unspecified atom stereocenters. The van der Waals surface area contributed by atoms with E-state index >= 15 is 0 Å². The summed E-state index contributed by atoms with van der Waals surface area (Å²) in [4.78, 5) is 11.9. The van der Waals surface area contributed by atoms with Crippen LogP contribution in [0, 0.1) is 11.3 Å². The van der Waals surface area contributed by atoms with E-state index in [-0.39, 0.29) is 16.9 Å². The van der Waals surface area contributed by atoms with Crippen molar-refractivity contribution in [1.82, 2.24) is 9.61 Å². The van der Waals surface area contributed by atoms with E-state index in [0.29, 0.717) is 17.5 Å². The zero-order valence-corrected chi connectivity index (χ0v) is 8.82. The second kappa shape index (κ2) is 3.74. The van der Waals surface area contributed by atoms with E-state index in [1.54, 1.807) is 12.3 Å². The van der Waals surface area contributed by atoms with Crippen molar-refractivity contribution in [3.8, 4) is 11.8 Å². The van der Waals surface area contributed by atoms with E-state index in [1.165, 1.54) is 4.52 Å². The summed E-state index contributed by atoms with van der Waals surface area (Å²) in [7, 11) is 0. The van der Waals surface area contributed by atoms with Gasteiger partial charge in [-0.15, -0.1) is 0 Å². The van der Waals surface area contributed by atoms with Crippen molar-refractivity contribution in [3.05, 3.63) is 33.7 Å². The third-order valence-corrected chi connectivity index (χ3v) is 2.54. The van der Waals surface area contributed by atoms with Crippen LogP contribution in [-0.4, -0.2) is 14.7 Å². The Hall–Kier alpha value is -2.22. The highest BCUT2D eigenvalue weighted by Crippen LogP contribution is 2.23. The van der Waals surface area contributed by atoms with Gasteiger partial charge in [0.05, 0.1) is 11.1 Å². The second-order valence-corrected chi connectivity index (χ2v) is 3.55. The fourth-order valence-corrected chi connectivity index (χ4v) is 1.79. The molecule has 0 aliphatic rings. The Morgan fingerprint density at radius 3 is 3.00 bits per heavy atom. The minimum Gasteiger partial charge on any atom is -0.506 e. The van der Waals surface area contributed by atoms with Crippen LogP contribution in [0.15, 0.2) is 17.1 Å². The molecule has 0 saturated carbocycles. The zero-order valence-electron chi connectivity index (χ0n) is 8.82. The van der Waals surface area contributed by atoms with Crippen LogP contribution in [-0.2, 0) is 6.42 Å². The summed E-state index contributed by atoms with van der Waals surface area (Å²) >= 11 is 0. The van der Waals surface area contributed by atoms with Gasteiger partial charge in [0.15, 0.2) is 0 Å². The van der Waals surface area contributed by atoms with Crippen LogP contribution in [0.25, 0.3) is 5.52 Å². The standard InChI is InChI=1S/C11H11N3O2/c1-2-3-7-10(15)8(6-12)9-4-5-13-14(9)11(7)16/h4-5,13,15H,2-3H2,1H3. The first-order chi connectivity index (χ1) is 7.70. The van der Waals surface area contributed by atoms with E-state index in [4.69, 9.17) is 5.26 Å². The molecule has 0 aliphatic carbocycles. The highest BCUT2D eigenvalue weighted by molar-refractivity contribution is 5.67. The first-order valence-electron chi connectivity index (χ1n) is 5.04. The largest absolute Gasteiger partial charge is 0.506 e. The summed E-state index contributed by atoms with van der Waals surface area (Å²) < 4.78 is 1.28. The van der Waals surface area contributed by atoms with Crippen LogP contribution in [0.4, 0.5) is 0 Å². The molecule has 16 heavy (non-hydrogen) atoms. The molecule has 0 saturated heterocycles. The molecule has 0 atom stereocenters. The summed E-state index contributed by atoms with van der Waals surface area (Å²) in [6.45, 7) is 1.91. The quantitative estimate of drug-likeness (QED) is 0.791. The van der Waals surface area contributed by atoms with Crippen LogP contribution in [0.3, 0.4) is 0 Å². The Morgan fingerprint density at radius 1 is 1.62 bits per heavy atom. The number of H-pyrrole nitrogens is 1. The fraction of sp³-hybridized carbons (Fsp3) is 0.273. The van der Waals surface area contributed by atoms with Crippen molar-refractivity contribution in [3.63, 3.8) is 0 Å². The van der Waals surface area contributed by atoms with Gasteiger partial charge in [-0.3, -0.25) is 9.89 Å². The van der Waals surface area contributed by atoms with E-state index in [2.05, 4.69) is 5.10 Å². The number of nitrogens with zero attached hydrogens (tertiary/aromatic N) is 2. The molecule has 0 aliphatic heterocycles. The van der Waals surface area contributed by atoms with Gasteiger partial charge in [0, 0.05) is 6.20 Å². The number of pyridine rings is 1. The number of aromatic amines is 1. The topological polar surface area (TPSA) is 81.3 Å². The average molecular weight is 217 g/mol. The maximum absolute atomic E-state index is 11.9. The van der Waals surface area contributed by atoms with E-state index < -0.39 is 0 Å². The maximum Gasteiger partial charge on any atom is 0.276 e. The fourth-order valence-electron chi connectivity index (χ4n) is 1.79. The van der Waals surface area contributed by atoms with Crippen molar-refractivity contribution < 1.29 is 5.11 Å². The molecule has 2 aromatic heterocycles. The zero-order chi connectivity index (χ0) is 11.7. The minimum atomic E-state index is -0.293. The number of nitriles is 1. The van der Waals surface area contributed by atoms with Crippen molar-refractivity contribution in [1.29, 1.82) is 5.26 Å². The van der Waals surface area contributed by atoms with Gasteiger partial charge in [0.1, 0.15) is 17.4 Å². The number of rotatable bonds is 2. The number of aromatic nitrogens is 2. The Kier molecular flexibility index (Phi) is 2.41. The van der Waals surface area contributed by atoms with E-state index in [0.717, 1.165) is 6.42 Å². The summed E-state index contributed by atoms with van der Waals surface area (Å²) in [5.74, 6) is -0.186. The van der Waals surface area contributed by atoms with Crippen LogP contribution >= 0.6 is 0 Å². The number of nitrogens with one attached hydrogen (secondary N) is 1. The lowest BCUT2D eigenvalue weighted by Crippen LogP contribution is -2.19. The van der Waals surface area contributed by atoms with Gasteiger partial charge in [0.25, 0.3) is 5.56 Å². The molecule has 0 amide bonds. The molecule has 0 spiro atoms. The van der Waals surface area contributed by atoms with Crippen LogP contribution in [0.2, 0.25) is 0 Å². The number of hydrogen-bond acceptors (Lipinski definition) is 3. The molecular weight excluding hydrogens is 206 g/mol. The lowest BCUT2D eigenvalue weighted by atomic mass is 10.1. The molecule has 2 aromatic rings. The summed E-state index contributed by atoms with van der Waals surface area (Å²) in [5.41, 5.74) is 0.548. The second-order valence-electron chi connectivity index (χ2n) is 3.55. The molecule has 5 heteroatoms. The molecule has 0 aromatic carbocycles. The first-order valence-corrected chi connectivity index (χ1v) is 5.04. The lowest BCUT2D eigenvalue weighted by Gasteiger charge is -2.05. The Bertz CT molecular complexity index is 631.